The summed E-state index contributed by atoms with van der Waals surface area (Å²) in [7, 11) is 0. The number of ether oxygens (including phenoxy) is 6. The first-order chi connectivity index (χ1) is 30.1. The number of esters is 1. The molecule has 0 bridgehead atoms. The van der Waals surface area contributed by atoms with Crippen LogP contribution < -0.4 is 0 Å². The van der Waals surface area contributed by atoms with Crippen molar-refractivity contribution in [3.8, 4) is 0 Å². The van der Waals surface area contributed by atoms with Gasteiger partial charge < -0.3 is 64.2 Å². The van der Waals surface area contributed by atoms with Gasteiger partial charge in [-0.15, -0.1) is 0 Å². The lowest BCUT2D eigenvalue weighted by atomic mass is 9.98. The molecule has 0 radical (unpaired) electrons. The fourth-order valence-electron chi connectivity index (χ4n) is 7.68. The summed E-state index contributed by atoms with van der Waals surface area (Å²) < 4.78 is 34.2. The number of aliphatic hydroxyl groups excluding tert-OH is 7. The number of carbonyl (C=O) groups excluding carboxylic acids is 1. The number of hydrogen-bond acceptors (Lipinski definition) is 14. The average molecular weight is 889 g/mol. The highest BCUT2D eigenvalue weighted by Gasteiger charge is 2.47. The van der Waals surface area contributed by atoms with E-state index >= 15 is 0 Å². The molecule has 0 amide bonds. The van der Waals surface area contributed by atoms with Crippen molar-refractivity contribution in [3.05, 3.63) is 24.3 Å². The Balaban J connectivity index is 1.79. The minimum Gasteiger partial charge on any atom is -0.457 e. The van der Waals surface area contributed by atoms with E-state index in [-0.39, 0.29) is 25.6 Å². The number of carbonyl (C=O) groups is 1. The summed E-state index contributed by atoms with van der Waals surface area (Å²) in [5.41, 5.74) is 0. The molecule has 14 nitrogen and oxygen atoms in total. The fraction of sp³-hybridized carbons (Fsp3) is 0.896. The predicted molar refractivity (Wildman–Crippen MR) is 238 cm³/mol. The molecule has 0 aromatic heterocycles. The van der Waals surface area contributed by atoms with E-state index in [1.165, 1.54) is 83.5 Å². The number of allylic oxidation sites excluding steroid dienone is 4. The van der Waals surface area contributed by atoms with Crippen LogP contribution in [0.25, 0.3) is 0 Å². The van der Waals surface area contributed by atoms with Crippen molar-refractivity contribution in [2.24, 2.45) is 0 Å². The molecule has 11 unspecified atom stereocenters. The number of rotatable bonds is 38. The Morgan fingerprint density at radius 3 is 1.61 bits per heavy atom. The number of unbranched alkanes of at least 4 members (excludes halogenated alkanes) is 20. The Labute approximate surface area is 373 Å². The van der Waals surface area contributed by atoms with Crippen LogP contribution in [0.15, 0.2) is 24.3 Å². The Morgan fingerprint density at radius 2 is 1.03 bits per heavy atom. The van der Waals surface area contributed by atoms with Gasteiger partial charge in [-0.3, -0.25) is 4.79 Å². The Hall–Kier alpha value is -1.53. The van der Waals surface area contributed by atoms with Crippen molar-refractivity contribution in [2.75, 3.05) is 33.0 Å². The van der Waals surface area contributed by atoms with Crippen LogP contribution in [-0.2, 0) is 33.2 Å². The summed E-state index contributed by atoms with van der Waals surface area (Å²) >= 11 is 0. The predicted octanol–water partition coefficient (Wildman–Crippen LogP) is 6.46. The van der Waals surface area contributed by atoms with Gasteiger partial charge in [0.2, 0.25) is 0 Å². The van der Waals surface area contributed by atoms with Crippen molar-refractivity contribution in [1.82, 2.24) is 0 Å². The van der Waals surface area contributed by atoms with E-state index in [1.54, 1.807) is 0 Å². The second-order valence-electron chi connectivity index (χ2n) is 17.3. The van der Waals surface area contributed by atoms with Crippen molar-refractivity contribution in [1.29, 1.82) is 0 Å². The van der Waals surface area contributed by atoms with Crippen LogP contribution in [0, 0.1) is 0 Å². The lowest BCUT2D eigenvalue weighted by Crippen LogP contribution is -2.61. The smallest absolute Gasteiger partial charge is 0.306 e. The standard InChI is InChI=1S/C48H88O14/c1-3-5-7-9-11-13-15-17-18-20-22-24-26-28-30-32-57-34-37(60-40(50)31-29-27-25-23-21-19-16-14-12-10-8-6-4-2)35-58-47-46(56)44(54)42(52)39(62-47)36-59-48-45(55)43(53)41(51)38(33-49)61-48/h8,10,14,16,37-39,41-49,51-56H,3-7,9,11-13,15,17-36H2,1-2H3/b10-8-,16-14-. The van der Waals surface area contributed by atoms with Gasteiger partial charge in [-0.2, -0.15) is 0 Å². The lowest BCUT2D eigenvalue weighted by molar-refractivity contribution is -0.332. The molecule has 364 valence electrons. The fourth-order valence-corrected chi connectivity index (χ4v) is 7.68. The summed E-state index contributed by atoms with van der Waals surface area (Å²) in [6, 6.07) is 0. The topological polar surface area (TPSA) is 214 Å². The monoisotopic (exact) mass is 889 g/mol. The highest BCUT2D eigenvalue weighted by atomic mass is 16.7. The maximum absolute atomic E-state index is 13.0. The third-order valence-electron chi connectivity index (χ3n) is 11.7. The van der Waals surface area contributed by atoms with Crippen LogP contribution in [0.2, 0.25) is 0 Å². The molecule has 14 heteroatoms. The molecule has 2 fully saturated rings. The molecular formula is C48H88O14. The molecule has 11 atom stereocenters. The molecule has 2 heterocycles. The van der Waals surface area contributed by atoms with Crippen LogP contribution in [-0.4, -0.2) is 142 Å². The largest absolute Gasteiger partial charge is 0.457 e. The highest BCUT2D eigenvalue weighted by Crippen LogP contribution is 2.26. The molecule has 0 saturated carbocycles. The van der Waals surface area contributed by atoms with E-state index in [1.807, 2.05) is 0 Å². The van der Waals surface area contributed by atoms with Crippen molar-refractivity contribution in [3.63, 3.8) is 0 Å². The average Bonchev–Trinajstić information content (AvgIpc) is 3.27. The molecule has 2 rings (SSSR count). The maximum Gasteiger partial charge on any atom is 0.306 e. The normalized spacial score (nSPS) is 27.4. The maximum atomic E-state index is 13.0. The van der Waals surface area contributed by atoms with E-state index in [0.717, 1.165) is 64.2 Å². The summed E-state index contributed by atoms with van der Waals surface area (Å²) in [4.78, 5) is 13.0. The summed E-state index contributed by atoms with van der Waals surface area (Å²) in [6.45, 7) is 3.61. The molecule has 2 saturated heterocycles. The van der Waals surface area contributed by atoms with Crippen LogP contribution in [0.1, 0.15) is 174 Å². The van der Waals surface area contributed by atoms with Crippen LogP contribution in [0.5, 0.6) is 0 Å². The quantitative estimate of drug-likeness (QED) is 0.0202. The van der Waals surface area contributed by atoms with Gasteiger partial charge in [0.25, 0.3) is 0 Å². The third kappa shape index (κ3) is 24.7. The molecule has 0 aliphatic carbocycles. The zero-order valence-corrected chi connectivity index (χ0v) is 38.4. The van der Waals surface area contributed by atoms with Gasteiger partial charge in [0.05, 0.1) is 26.4 Å². The van der Waals surface area contributed by atoms with E-state index in [2.05, 4.69) is 38.2 Å². The zero-order chi connectivity index (χ0) is 45.2. The molecule has 0 aromatic carbocycles. The van der Waals surface area contributed by atoms with E-state index in [9.17, 15) is 40.5 Å². The van der Waals surface area contributed by atoms with Crippen molar-refractivity contribution >= 4 is 5.97 Å². The molecule has 62 heavy (non-hydrogen) atoms. The van der Waals surface area contributed by atoms with Gasteiger partial charge in [0, 0.05) is 13.0 Å². The minimum atomic E-state index is -1.71. The first-order valence-electron chi connectivity index (χ1n) is 24.4. The van der Waals surface area contributed by atoms with Crippen molar-refractivity contribution < 1.29 is 69.0 Å². The van der Waals surface area contributed by atoms with Crippen LogP contribution >= 0.6 is 0 Å². The van der Waals surface area contributed by atoms with Gasteiger partial charge >= 0.3 is 5.97 Å². The summed E-state index contributed by atoms with van der Waals surface area (Å²) in [5, 5.41) is 72.0. The molecular weight excluding hydrogens is 801 g/mol. The Morgan fingerprint density at radius 1 is 0.532 bits per heavy atom. The second kappa shape index (κ2) is 36.7. The summed E-state index contributed by atoms with van der Waals surface area (Å²) in [6.07, 6.45) is 21.0. The van der Waals surface area contributed by atoms with Crippen LogP contribution in [0.4, 0.5) is 0 Å². The summed E-state index contributed by atoms with van der Waals surface area (Å²) in [5.74, 6) is -0.389. The first-order valence-corrected chi connectivity index (χ1v) is 24.4. The minimum absolute atomic E-state index is 0.0594. The Bertz CT molecular complexity index is 1120. The lowest BCUT2D eigenvalue weighted by Gasteiger charge is -2.42. The van der Waals surface area contributed by atoms with Gasteiger partial charge in [-0.25, -0.2) is 0 Å². The zero-order valence-electron chi connectivity index (χ0n) is 38.4. The van der Waals surface area contributed by atoms with Gasteiger partial charge in [-0.05, 0) is 38.5 Å². The number of aliphatic hydroxyl groups is 7. The van der Waals surface area contributed by atoms with E-state index in [4.69, 9.17) is 28.4 Å². The molecule has 0 aromatic rings. The Kier molecular flexibility index (Phi) is 33.5. The van der Waals surface area contributed by atoms with Gasteiger partial charge in [0.15, 0.2) is 12.6 Å². The molecule has 2 aliphatic heterocycles. The van der Waals surface area contributed by atoms with E-state index in [0.29, 0.717) is 13.0 Å². The van der Waals surface area contributed by atoms with Gasteiger partial charge in [0.1, 0.15) is 54.9 Å². The third-order valence-corrected chi connectivity index (χ3v) is 11.7. The van der Waals surface area contributed by atoms with Crippen molar-refractivity contribution in [2.45, 2.75) is 242 Å². The number of hydrogen-bond donors (Lipinski definition) is 7. The highest BCUT2D eigenvalue weighted by molar-refractivity contribution is 5.69. The molecule has 0 spiro atoms. The van der Waals surface area contributed by atoms with Gasteiger partial charge in [-0.1, -0.05) is 154 Å². The molecule has 2 aliphatic rings. The molecule has 7 N–H and O–H groups in total. The second-order valence-corrected chi connectivity index (χ2v) is 17.3. The first kappa shape index (κ1) is 56.6. The SMILES string of the molecule is CCC/C=C\C/C=C\CCCCCCCC(=O)OC(COCCCCCCCCCCCCCCCCC)COC1OC(COC2OC(CO)C(O)C(O)C2O)C(O)C(O)C1O. The van der Waals surface area contributed by atoms with Crippen LogP contribution in [0.3, 0.4) is 0 Å². The van der Waals surface area contributed by atoms with E-state index < -0.39 is 80.7 Å².